The number of sulfone groups is 1. The monoisotopic (exact) mass is 467 g/mol. The van der Waals surface area contributed by atoms with Crippen molar-refractivity contribution < 1.29 is 22.7 Å². The molecule has 0 saturated carbocycles. The second kappa shape index (κ2) is 8.69. The Morgan fingerprint density at radius 2 is 2.03 bits per heavy atom. The molecule has 2 heterocycles. The van der Waals surface area contributed by atoms with Crippen LogP contribution in [0.4, 0.5) is 5.69 Å². The molecule has 4 rings (SSSR count). The van der Waals surface area contributed by atoms with Crippen LogP contribution in [0.1, 0.15) is 28.3 Å². The minimum absolute atomic E-state index is 0.108. The average Bonchev–Trinajstić information content (AvgIpc) is 3.21. The minimum atomic E-state index is -3.79. The van der Waals surface area contributed by atoms with Gasteiger partial charge in [-0.3, -0.25) is 4.79 Å². The zero-order chi connectivity index (χ0) is 22.9. The molecule has 0 spiro atoms. The highest BCUT2D eigenvalue weighted by Crippen LogP contribution is 2.47. The number of fused-ring (bicyclic) bond motifs is 1. The second-order valence-electron chi connectivity index (χ2n) is 7.37. The number of rotatable bonds is 6. The van der Waals surface area contributed by atoms with Gasteiger partial charge in [0.15, 0.2) is 11.5 Å². The first-order valence-electron chi connectivity index (χ1n) is 9.82. The van der Waals surface area contributed by atoms with Gasteiger partial charge < -0.3 is 14.8 Å². The molecule has 2 aromatic carbocycles. The molecule has 1 N–H and O–H groups in total. The van der Waals surface area contributed by atoms with E-state index in [2.05, 4.69) is 11.2 Å². The van der Waals surface area contributed by atoms with Gasteiger partial charge in [0, 0.05) is 22.6 Å². The number of hydrogen-bond acceptors (Lipinski definition) is 6. The summed E-state index contributed by atoms with van der Waals surface area (Å²) >= 11 is 1.32. The fourth-order valence-electron chi connectivity index (χ4n) is 3.72. The van der Waals surface area contributed by atoms with Gasteiger partial charge >= 0.3 is 0 Å². The summed E-state index contributed by atoms with van der Waals surface area (Å²) in [6, 6.07) is 12.1. The lowest BCUT2D eigenvalue weighted by Gasteiger charge is -2.24. The molecule has 0 radical (unpaired) electrons. The number of aryl methyl sites for hydroxylation is 1. The van der Waals surface area contributed by atoms with Gasteiger partial charge in [0.25, 0.3) is 0 Å². The predicted octanol–water partition coefficient (Wildman–Crippen LogP) is 4.38. The molecule has 1 aliphatic heterocycles. The van der Waals surface area contributed by atoms with Crippen LogP contribution in [0.2, 0.25) is 0 Å². The summed E-state index contributed by atoms with van der Waals surface area (Å²) in [4.78, 5) is 13.7. The second-order valence-corrected chi connectivity index (χ2v) is 10.2. The fraction of sp³-hybridized carbons (Fsp3) is 0.208. The molecule has 1 atom stereocenters. The third-order valence-electron chi connectivity index (χ3n) is 5.25. The van der Waals surface area contributed by atoms with Crippen LogP contribution in [0.5, 0.6) is 11.5 Å². The topological polar surface area (TPSA) is 81.7 Å². The normalized spacial score (nSPS) is 15.4. The number of methoxy groups -OCH3 is 1. The fourth-order valence-corrected chi connectivity index (χ4v) is 6.73. The molecule has 0 fully saturated rings. The Morgan fingerprint density at radius 3 is 2.75 bits per heavy atom. The van der Waals surface area contributed by atoms with Gasteiger partial charge in [-0.1, -0.05) is 24.1 Å². The smallest absolute Gasteiger partial charge is 0.225 e. The molecule has 0 aliphatic carbocycles. The summed E-state index contributed by atoms with van der Waals surface area (Å²) in [5, 5.41) is 4.38. The lowest BCUT2D eigenvalue weighted by atomic mass is 9.90. The van der Waals surface area contributed by atoms with E-state index in [1.54, 1.807) is 35.7 Å². The molecular formula is C24H21NO5S2. The summed E-state index contributed by atoms with van der Waals surface area (Å²) in [6.07, 6.45) is 5.46. The molecule has 0 saturated heterocycles. The minimum Gasteiger partial charge on any atom is -0.493 e. The molecule has 1 aliphatic rings. The Hall–Kier alpha value is -3.28. The van der Waals surface area contributed by atoms with Gasteiger partial charge in [-0.2, -0.15) is 0 Å². The van der Waals surface area contributed by atoms with E-state index in [1.807, 2.05) is 19.1 Å². The third kappa shape index (κ3) is 3.97. The SMILES string of the molecule is C#CCOc1ccc([C@H]2CC(=O)Nc3c(S(=O)(=O)c4cccc(C)c4)csc32)cc1OC. The van der Waals surface area contributed by atoms with Crippen LogP contribution in [0.15, 0.2) is 57.6 Å². The van der Waals surface area contributed by atoms with Crippen molar-refractivity contribution in [2.75, 3.05) is 19.0 Å². The third-order valence-corrected chi connectivity index (χ3v) is 8.27. The highest BCUT2D eigenvalue weighted by Gasteiger charge is 2.34. The molecule has 32 heavy (non-hydrogen) atoms. The molecule has 164 valence electrons. The van der Waals surface area contributed by atoms with Crippen LogP contribution >= 0.6 is 11.3 Å². The van der Waals surface area contributed by atoms with E-state index in [0.29, 0.717) is 17.2 Å². The number of carbonyl (C=O) groups is 1. The lowest BCUT2D eigenvalue weighted by molar-refractivity contribution is -0.116. The van der Waals surface area contributed by atoms with Gasteiger partial charge in [-0.15, -0.1) is 17.8 Å². The number of amides is 1. The number of anilines is 1. The van der Waals surface area contributed by atoms with Crippen LogP contribution in [0.3, 0.4) is 0 Å². The maximum atomic E-state index is 13.3. The van der Waals surface area contributed by atoms with E-state index in [0.717, 1.165) is 16.0 Å². The van der Waals surface area contributed by atoms with E-state index >= 15 is 0 Å². The van der Waals surface area contributed by atoms with Gasteiger partial charge in [0.2, 0.25) is 15.7 Å². The van der Waals surface area contributed by atoms with Crippen LogP contribution in [-0.4, -0.2) is 28.0 Å². The van der Waals surface area contributed by atoms with E-state index < -0.39 is 9.84 Å². The number of terminal acetylenes is 1. The summed E-state index contributed by atoms with van der Waals surface area (Å²) in [5.74, 6) is 2.86. The van der Waals surface area contributed by atoms with Crippen molar-refractivity contribution in [3.63, 3.8) is 0 Å². The molecule has 6 nitrogen and oxygen atoms in total. The number of nitrogens with one attached hydrogen (secondary N) is 1. The van der Waals surface area contributed by atoms with Gasteiger partial charge in [0.05, 0.1) is 17.7 Å². The first-order chi connectivity index (χ1) is 15.3. The van der Waals surface area contributed by atoms with Crippen LogP contribution < -0.4 is 14.8 Å². The van der Waals surface area contributed by atoms with Gasteiger partial charge in [0.1, 0.15) is 11.5 Å². The average molecular weight is 468 g/mol. The van der Waals surface area contributed by atoms with Crippen LogP contribution in [0.25, 0.3) is 0 Å². The maximum absolute atomic E-state index is 13.3. The Labute approximate surface area is 191 Å². The number of ether oxygens (including phenoxy) is 2. The number of hydrogen-bond donors (Lipinski definition) is 1. The highest BCUT2D eigenvalue weighted by molar-refractivity contribution is 7.91. The van der Waals surface area contributed by atoms with Crippen molar-refractivity contribution in [3.8, 4) is 23.8 Å². The predicted molar refractivity (Wildman–Crippen MR) is 123 cm³/mol. The standard InChI is InChI=1S/C24H21NO5S2/c1-4-10-30-19-9-8-16(12-20(19)29-3)18-13-22(26)25-23-21(14-31-24(18)23)32(27,28)17-7-5-6-15(2)11-17/h1,5-9,11-12,14,18H,10,13H2,2-3H3,(H,25,26)/t18-/m1/s1. The zero-order valence-electron chi connectivity index (χ0n) is 17.5. The van der Waals surface area contributed by atoms with E-state index in [4.69, 9.17) is 15.9 Å². The van der Waals surface area contributed by atoms with E-state index in [-0.39, 0.29) is 34.6 Å². The molecule has 0 bridgehead atoms. The molecular weight excluding hydrogens is 446 g/mol. The first kappa shape index (κ1) is 21.9. The van der Waals surface area contributed by atoms with Crippen molar-refractivity contribution >= 4 is 32.8 Å². The molecule has 8 heteroatoms. The summed E-state index contributed by atoms with van der Waals surface area (Å²) in [6.45, 7) is 1.95. The lowest BCUT2D eigenvalue weighted by Crippen LogP contribution is -2.23. The Balaban J connectivity index is 1.77. The van der Waals surface area contributed by atoms with Crippen LogP contribution in [0, 0.1) is 19.3 Å². The Morgan fingerprint density at radius 1 is 1.22 bits per heavy atom. The number of carbonyl (C=O) groups excluding carboxylic acids is 1. The molecule has 3 aromatic rings. The summed E-state index contributed by atoms with van der Waals surface area (Å²) < 4.78 is 37.6. The number of thiophene rings is 1. The van der Waals surface area contributed by atoms with E-state index in [9.17, 15) is 13.2 Å². The van der Waals surface area contributed by atoms with Crippen molar-refractivity contribution in [1.82, 2.24) is 0 Å². The first-order valence-corrected chi connectivity index (χ1v) is 12.2. The Bertz CT molecular complexity index is 1330. The maximum Gasteiger partial charge on any atom is 0.225 e. The quantitative estimate of drug-likeness (QED) is 0.544. The molecule has 1 aromatic heterocycles. The molecule has 1 amide bonds. The Kier molecular flexibility index (Phi) is 5.96. The van der Waals surface area contributed by atoms with Crippen molar-refractivity contribution in [1.29, 1.82) is 0 Å². The summed E-state index contributed by atoms with van der Waals surface area (Å²) in [5.41, 5.74) is 2.02. The van der Waals surface area contributed by atoms with Crippen molar-refractivity contribution in [3.05, 3.63) is 63.8 Å². The highest BCUT2D eigenvalue weighted by atomic mass is 32.2. The largest absolute Gasteiger partial charge is 0.493 e. The van der Waals surface area contributed by atoms with Crippen LogP contribution in [-0.2, 0) is 14.6 Å². The van der Waals surface area contributed by atoms with Gasteiger partial charge in [-0.05, 0) is 42.3 Å². The zero-order valence-corrected chi connectivity index (χ0v) is 19.2. The molecule has 0 unspecified atom stereocenters. The van der Waals surface area contributed by atoms with E-state index in [1.165, 1.54) is 18.4 Å². The van der Waals surface area contributed by atoms with Gasteiger partial charge in [-0.25, -0.2) is 8.42 Å². The summed E-state index contributed by atoms with van der Waals surface area (Å²) in [7, 11) is -2.26. The van der Waals surface area contributed by atoms with Crippen molar-refractivity contribution in [2.45, 2.75) is 29.1 Å². The number of benzene rings is 2. The van der Waals surface area contributed by atoms with Crippen molar-refractivity contribution in [2.24, 2.45) is 0 Å².